The number of rotatable bonds is 4. The lowest BCUT2D eigenvalue weighted by Crippen LogP contribution is -2.39. The first-order valence-corrected chi connectivity index (χ1v) is 9.19. The first kappa shape index (κ1) is 19.1. The van der Waals surface area contributed by atoms with Gasteiger partial charge in [-0.2, -0.15) is 0 Å². The summed E-state index contributed by atoms with van der Waals surface area (Å²) in [5.74, 6) is -1.46. The molecule has 2 aromatic heterocycles. The van der Waals surface area contributed by atoms with E-state index in [9.17, 15) is 18.4 Å². The van der Waals surface area contributed by atoms with E-state index in [1.165, 1.54) is 21.5 Å². The van der Waals surface area contributed by atoms with Crippen LogP contribution in [0, 0.1) is 11.6 Å². The van der Waals surface area contributed by atoms with Gasteiger partial charge in [-0.25, -0.2) is 23.1 Å². The molecule has 6 nitrogen and oxygen atoms in total. The fraction of sp³-hybridized carbons (Fsp3) is 0.150. The van der Waals surface area contributed by atoms with Crippen LogP contribution in [0.25, 0.3) is 16.9 Å². The van der Waals surface area contributed by atoms with Gasteiger partial charge in [0, 0.05) is 17.1 Å². The van der Waals surface area contributed by atoms with Crippen molar-refractivity contribution >= 4 is 22.8 Å². The summed E-state index contributed by atoms with van der Waals surface area (Å²) < 4.78 is 31.9. The zero-order valence-electron chi connectivity index (χ0n) is 15.3. The van der Waals surface area contributed by atoms with E-state index in [4.69, 9.17) is 11.6 Å². The molecule has 0 aliphatic carbocycles. The van der Waals surface area contributed by atoms with Crippen molar-refractivity contribution in [3.05, 3.63) is 91.9 Å². The van der Waals surface area contributed by atoms with E-state index < -0.39 is 22.9 Å². The van der Waals surface area contributed by atoms with E-state index >= 15 is 0 Å². The quantitative estimate of drug-likeness (QED) is 0.512. The molecule has 0 aliphatic rings. The Kier molecular flexibility index (Phi) is 4.79. The first-order chi connectivity index (χ1) is 13.9. The molecule has 4 rings (SSSR count). The molecule has 2 heterocycles. The molecule has 0 spiro atoms. The minimum absolute atomic E-state index is 0.0732. The van der Waals surface area contributed by atoms with Crippen LogP contribution in [0.1, 0.15) is 12.5 Å². The van der Waals surface area contributed by atoms with Crippen LogP contribution in [0.5, 0.6) is 0 Å². The standard InChI is InChI=1S/C20H15ClF2N4O2/c1-2-26-19(28)17-18(27(20(26)29)13-8-6-12(21)7-9-13)24-11-25(17)10-14-15(22)4-3-5-16(14)23/h3-9,11H,2,10H2,1H3. The van der Waals surface area contributed by atoms with Crippen molar-refractivity contribution in [1.29, 1.82) is 0 Å². The average Bonchev–Trinajstić information content (AvgIpc) is 3.10. The molecule has 0 atom stereocenters. The molecule has 2 aromatic carbocycles. The number of hydrogen-bond acceptors (Lipinski definition) is 3. The SMILES string of the molecule is CCn1c(=O)c2c(ncn2Cc2c(F)cccc2F)n(-c2ccc(Cl)cc2)c1=O. The highest BCUT2D eigenvalue weighted by Crippen LogP contribution is 2.19. The van der Waals surface area contributed by atoms with Gasteiger partial charge in [-0.1, -0.05) is 17.7 Å². The largest absolute Gasteiger partial charge is 0.337 e. The predicted molar refractivity (Wildman–Crippen MR) is 106 cm³/mol. The second kappa shape index (κ2) is 7.29. The first-order valence-electron chi connectivity index (χ1n) is 8.82. The third kappa shape index (κ3) is 3.15. The van der Waals surface area contributed by atoms with E-state index in [1.807, 2.05) is 0 Å². The topological polar surface area (TPSA) is 61.8 Å². The summed E-state index contributed by atoms with van der Waals surface area (Å²) in [4.78, 5) is 30.1. The second-order valence-electron chi connectivity index (χ2n) is 6.39. The lowest BCUT2D eigenvalue weighted by atomic mass is 10.2. The van der Waals surface area contributed by atoms with Crippen LogP contribution >= 0.6 is 11.6 Å². The Labute approximate surface area is 168 Å². The van der Waals surface area contributed by atoms with E-state index in [-0.39, 0.29) is 29.8 Å². The van der Waals surface area contributed by atoms with Gasteiger partial charge < -0.3 is 4.57 Å². The molecule has 0 radical (unpaired) electrons. The highest BCUT2D eigenvalue weighted by molar-refractivity contribution is 6.30. The predicted octanol–water partition coefficient (Wildman–Crippen LogP) is 3.35. The number of halogens is 3. The minimum atomic E-state index is -0.728. The van der Waals surface area contributed by atoms with Gasteiger partial charge in [-0.05, 0) is 43.3 Å². The molecule has 0 unspecified atom stereocenters. The Bertz CT molecular complexity index is 1320. The summed E-state index contributed by atoms with van der Waals surface area (Å²) in [5, 5.41) is 0.488. The van der Waals surface area contributed by atoms with Gasteiger partial charge in [0.15, 0.2) is 11.2 Å². The molecule has 0 N–H and O–H groups in total. The Morgan fingerprint density at radius 1 is 1.03 bits per heavy atom. The summed E-state index contributed by atoms with van der Waals surface area (Å²) in [6.45, 7) is 1.55. The smallest absolute Gasteiger partial charge is 0.320 e. The lowest BCUT2D eigenvalue weighted by molar-refractivity contribution is 0.546. The van der Waals surface area contributed by atoms with E-state index in [2.05, 4.69) is 4.98 Å². The Morgan fingerprint density at radius 2 is 1.69 bits per heavy atom. The summed E-state index contributed by atoms with van der Waals surface area (Å²) in [7, 11) is 0. The van der Waals surface area contributed by atoms with Crippen molar-refractivity contribution in [2.75, 3.05) is 0 Å². The maximum atomic E-state index is 14.1. The van der Waals surface area contributed by atoms with Crippen molar-refractivity contribution in [2.45, 2.75) is 20.0 Å². The minimum Gasteiger partial charge on any atom is -0.320 e. The zero-order chi connectivity index (χ0) is 20.7. The normalized spacial score (nSPS) is 11.3. The zero-order valence-corrected chi connectivity index (χ0v) is 16.0. The molecule has 0 fully saturated rings. The van der Waals surface area contributed by atoms with Crippen LogP contribution < -0.4 is 11.2 Å². The number of benzene rings is 2. The number of nitrogens with zero attached hydrogens (tertiary/aromatic N) is 4. The van der Waals surface area contributed by atoms with Crippen LogP contribution in [0.15, 0.2) is 58.4 Å². The molecular formula is C20H15ClF2N4O2. The summed E-state index contributed by atoms with van der Waals surface area (Å²) in [6, 6.07) is 10.0. The van der Waals surface area contributed by atoms with Gasteiger partial charge in [-0.3, -0.25) is 9.36 Å². The molecule has 0 saturated carbocycles. The van der Waals surface area contributed by atoms with Gasteiger partial charge >= 0.3 is 5.69 Å². The van der Waals surface area contributed by atoms with Crippen molar-refractivity contribution in [2.24, 2.45) is 0 Å². The monoisotopic (exact) mass is 416 g/mol. The number of aromatic nitrogens is 4. The molecular weight excluding hydrogens is 402 g/mol. The summed E-state index contributed by atoms with van der Waals surface area (Å²) in [6.07, 6.45) is 1.30. The van der Waals surface area contributed by atoms with Crippen LogP contribution in [-0.2, 0) is 13.1 Å². The molecule has 9 heteroatoms. The molecule has 0 saturated heterocycles. The Balaban J connectivity index is 2.01. The molecule has 4 aromatic rings. The maximum Gasteiger partial charge on any atom is 0.337 e. The van der Waals surface area contributed by atoms with Crippen molar-refractivity contribution in [1.82, 2.24) is 18.7 Å². The van der Waals surface area contributed by atoms with E-state index in [1.54, 1.807) is 31.2 Å². The molecule has 0 bridgehead atoms. The van der Waals surface area contributed by atoms with Crippen molar-refractivity contribution in [3.63, 3.8) is 0 Å². The highest BCUT2D eigenvalue weighted by atomic mass is 35.5. The average molecular weight is 417 g/mol. The van der Waals surface area contributed by atoms with Gasteiger partial charge in [0.1, 0.15) is 11.6 Å². The van der Waals surface area contributed by atoms with E-state index in [0.717, 1.165) is 16.7 Å². The van der Waals surface area contributed by atoms with Gasteiger partial charge in [0.2, 0.25) is 0 Å². The summed E-state index contributed by atoms with van der Waals surface area (Å²) >= 11 is 5.93. The Hall–Kier alpha value is -3.26. The van der Waals surface area contributed by atoms with Crippen molar-refractivity contribution in [3.8, 4) is 5.69 Å². The van der Waals surface area contributed by atoms with Crippen LogP contribution in [0.3, 0.4) is 0 Å². The van der Waals surface area contributed by atoms with Crippen LogP contribution in [0.2, 0.25) is 5.02 Å². The fourth-order valence-electron chi connectivity index (χ4n) is 3.26. The summed E-state index contributed by atoms with van der Waals surface area (Å²) in [5.41, 5.74) is -0.693. The van der Waals surface area contributed by atoms with Gasteiger partial charge in [-0.15, -0.1) is 0 Å². The van der Waals surface area contributed by atoms with Crippen LogP contribution in [-0.4, -0.2) is 18.7 Å². The molecule has 29 heavy (non-hydrogen) atoms. The third-order valence-corrected chi connectivity index (χ3v) is 4.94. The van der Waals surface area contributed by atoms with E-state index in [0.29, 0.717) is 10.7 Å². The Morgan fingerprint density at radius 3 is 2.31 bits per heavy atom. The second-order valence-corrected chi connectivity index (χ2v) is 6.83. The number of imidazole rings is 1. The highest BCUT2D eigenvalue weighted by Gasteiger charge is 2.20. The van der Waals surface area contributed by atoms with Crippen LogP contribution in [0.4, 0.5) is 8.78 Å². The van der Waals surface area contributed by atoms with Gasteiger partial charge in [0.05, 0.1) is 18.6 Å². The molecule has 0 aliphatic heterocycles. The lowest BCUT2D eigenvalue weighted by Gasteiger charge is -2.12. The molecule has 0 amide bonds. The maximum absolute atomic E-state index is 14.1. The fourth-order valence-corrected chi connectivity index (χ4v) is 3.38. The van der Waals surface area contributed by atoms with Crippen molar-refractivity contribution < 1.29 is 8.78 Å². The molecule has 148 valence electrons. The number of hydrogen-bond donors (Lipinski definition) is 0. The number of fused-ring (bicyclic) bond motifs is 1. The van der Waals surface area contributed by atoms with Gasteiger partial charge in [0.25, 0.3) is 5.56 Å². The third-order valence-electron chi connectivity index (χ3n) is 4.69.